The molecule has 0 aliphatic carbocycles. The molecule has 2 aliphatic heterocycles. The van der Waals surface area contributed by atoms with Crippen molar-refractivity contribution >= 4 is 11.8 Å². The van der Waals surface area contributed by atoms with Crippen LogP contribution in [-0.4, -0.2) is 60.7 Å². The number of alkyl halides is 3. The molecule has 2 saturated heterocycles. The molecule has 0 bridgehead atoms. The smallest absolute Gasteiger partial charge is 0.363 e. The largest absolute Gasteiger partial charge is 0.433 e. The van der Waals surface area contributed by atoms with E-state index in [0.717, 1.165) is 25.5 Å². The van der Waals surface area contributed by atoms with E-state index in [9.17, 15) is 13.2 Å². The van der Waals surface area contributed by atoms with E-state index in [-0.39, 0.29) is 11.8 Å². The fourth-order valence-corrected chi connectivity index (χ4v) is 3.83. The van der Waals surface area contributed by atoms with Crippen LogP contribution in [0.5, 0.6) is 0 Å². The van der Waals surface area contributed by atoms with Crippen LogP contribution in [0, 0.1) is 0 Å². The van der Waals surface area contributed by atoms with Gasteiger partial charge in [-0.1, -0.05) is 0 Å². The van der Waals surface area contributed by atoms with Crippen LogP contribution >= 0.6 is 0 Å². The van der Waals surface area contributed by atoms with Crippen LogP contribution in [0.3, 0.4) is 0 Å². The van der Waals surface area contributed by atoms with Crippen molar-refractivity contribution in [2.75, 3.05) is 43.5 Å². The Morgan fingerprint density at radius 2 is 1.76 bits per heavy atom. The van der Waals surface area contributed by atoms with E-state index in [4.69, 9.17) is 0 Å². The Kier molecular flexibility index (Phi) is 5.09. The van der Waals surface area contributed by atoms with E-state index in [1.807, 2.05) is 4.90 Å². The van der Waals surface area contributed by atoms with E-state index < -0.39 is 11.9 Å². The van der Waals surface area contributed by atoms with Gasteiger partial charge < -0.3 is 9.80 Å². The van der Waals surface area contributed by atoms with Gasteiger partial charge in [0, 0.05) is 45.3 Å². The second kappa shape index (κ2) is 6.97. The van der Waals surface area contributed by atoms with Crippen molar-refractivity contribution in [3.8, 4) is 0 Å². The average Bonchev–Trinajstić information content (AvgIpc) is 3.00. The summed E-state index contributed by atoms with van der Waals surface area (Å²) in [6, 6.07) is 2.14. The summed E-state index contributed by atoms with van der Waals surface area (Å²) in [7, 11) is 3.38. The third-order valence-electron chi connectivity index (χ3n) is 5.27. The van der Waals surface area contributed by atoms with Crippen LogP contribution in [-0.2, 0) is 6.18 Å². The number of halogens is 3. The Balaban J connectivity index is 1.75. The monoisotopic (exact) mass is 357 g/mol. The first-order chi connectivity index (χ1) is 11.8. The van der Waals surface area contributed by atoms with Gasteiger partial charge >= 0.3 is 6.18 Å². The van der Waals surface area contributed by atoms with Gasteiger partial charge in [0.1, 0.15) is 5.82 Å². The molecule has 5 nitrogen and oxygen atoms in total. The molecule has 1 unspecified atom stereocenters. The van der Waals surface area contributed by atoms with Crippen LogP contribution in [0.1, 0.15) is 38.3 Å². The maximum atomic E-state index is 13.2. The summed E-state index contributed by atoms with van der Waals surface area (Å²) in [6.07, 6.45) is -0.0955. The number of anilines is 2. The molecule has 0 spiro atoms. The lowest BCUT2D eigenvalue weighted by atomic mass is 10.0. The van der Waals surface area contributed by atoms with E-state index in [1.54, 1.807) is 19.0 Å². The highest BCUT2D eigenvalue weighted by Gasteiger charge is 2.35. The summed E-state index contributed by atoms with van der Waals surface area (Å²) < 4.78 is 39.5. The lowest BCUT2D eigenvalue weighted by Crippen LogP contribution is -2.46. The van der Waals surface area contributed by atoms with Gasteiger partial charge in [-0.2, -0.15) is 18.2 Å². The summed E-state index contributed by atoms with van der Waals surface area (Å²) in [5.74, 6) is 0.471. The normalized spacial score (nSPS) is 23.3. The van der Waals surface area contributed by atoms with E-state index in [1.165, 1.54) is 12.8 Å². The first-order valence-corrected chi connectivity index (χ1v) is 8.90. The molecular weight excluding hydrogens is 331 g/mol. The maximum absolute atomic E-state index is 13.2. The molecule has 1 atom stereocenters. The third-order valence-corrected chi connectivity index (χ3v) is 5.27. The van der Waals surface area contributed by atoms with E-state index in [2.05, 4.69) is 21.8 Å². The highest BCUT2D eigenvalue weighted by Crippen LogP contribution is 2.32. The average molecular weight is 357 g/mol. The predicted octanol–water partition coefficient (Wildman–Crippen LogP) is 3.01. The summed E-state index contributed by atoms with van der Waals surface area (Å²) in [6.45, 7) is 4.79. The molecule has 2 aliphatic rings. The molecule has 1 aromatic rings. The van der Waals surface area contributed by atoms with Crippen molar-refractivity contribution in [3.63, 3.8) is 0 Å². The highest BCUT2D eigenvalue weighted by molar-refractivity contribution is 5.45. The second-order valence-corrected chi connectivity index (χ2v) is 7.25. The Hall–Kier alpha value is -1.57. The minimum atomic E-state index is -4.47. The number of nitrogens with zero attached hydrogens (tertiary/aromatic N) is 5. The summed E-state index contributed by atoms with van der Waals surface area (Å²) in [5, 5.41) is 0. The number of hydrogen-bond acceptors (Lipinski definition) is 5. The Labute approximate surface area is 146 Å². The molecule has 8 heteroatoms. The predicted molar refractivity (Wildman–Crippen MR) is 92.0 cm³/mol. The number of likely N-dealkylation sites (tertiary alicyclic amines) is 1. The van der Waals surface area contributed by atoms with Crippen LogP contribution in [0.2, 0.25) is 0 Å². The zero-order valence-electron chi connectivity index (χ0n) is 15.1. The molecule has 1 aromatic heterocycles. The molecule has 0 radical (unpaired) electrons. The fourth-order valence-electron chi connectivity index (χ4n) is 3.83. The summed E-state index contributed by atoms with van der Waals surface area (Å²) in [5.41, 5.74) is -0.878. The number of piperidine rings is 1. The molecule has 3 rings (SSSR count). The van der Waals surface area contributed by atoms with Crippen molar-refractivity contribution in [1.82, 2.24) is 14.9 Å². The molecular formula is C17H26F3N5. The minimum Gasteiger partial charge on any atom is -0.363 e. The zero-order valence-corrected chi connectivity index (χ0v) is 15.1. The van der Waals surface area contributed by atoms with Crippen molar-refractivity contribution < 1.29 is 13.2 Å². The van der Waals surface area contributed by atoms with Gasteiger partial charge in [0.15, 0.2) is 5.69 Å². The van der Waals surface area contributed by atoms with Gasteiger partial charge in [-0.15, -0.1) is 0 Å². The first kappa shape index (κ1) is 18.2. The molecule has 140 valence electrons. The minimum absolute atomic E-state index is 0.187. The molecule has 25 heavy (non-hydrogen) atoms. The molecule has 2 fully saturated rings. The van der Waals surface area contributed by atoms with Gasteiger partial charge in [0.05, 0.1) is 0 Å². The highest BCUT2D eigenvalue weighted by atomic mass is 19.4. The van der Waals surface area contributed by atoms with Gasteiger partial charge in [-0.05, 0) is 39.2 Å². The first-order valence-electron chi connectivity index (χ1n) is 8.90. The number of hydrogen-bond donors (Lipinski definition) is 0. The van der Waals surface area contributed by atoms with Crippen LogP contribution in [0.25, 0.3) is 0 Å². The van der Waals surface area contributed by atoms with Crippen molar-refractivity contribution in [2.45, 2.75) is 50.9 Å². The zero-order chi connectivity index (χ0) is 18.2. The second-order valence-electron chi connectivity index (χ2n) is 7.25. The third kappa shape index (κ3) is 3.99. The van der Waals surface area contributed by atoms with Crippen LogP contribution in [0.15, 0.2) is 6.07 Å². The van der Waals surface area contributed by atoms with E-state index in [0.29, 0.717) is 25.2 Å². The van der Waals surface area contributed by atoms with Crippen LogP contribution < -0.4 is 9.80 Å². The fraction of sp³-hybridized carbons (Fsp3) is 0.765. The lowest BCUT2D eigenvalue weighted by Gasteiger charge is -2.38. The Morgan fingerprint density at radius 1 is 1.08 bits per heavy atom. The molecule has 0 saturated carbocycles. The molecule has 0 aromatic carbocycles. The van der Waals surface area contributed by atoms with Crippen molar-refractivity contribution in [3.05, 3.63) is 11.8 Å². The number of aromatic nitrogens is 2. The Morgan fingerprint density at radius 3 is 2.28 bits per heavy atom. The molecule has 3 heterocycles. The van der Waals surface area contributed by atoms with Gasteiger partial charge in [-0.25, -0.2) is 4.98 Å². The maximum Gasteiger partial charge on any atom is 0.433 e. The molecule has 0 amide bonds. The summed E-state index contributed by atoms with van der Waals surface area (Å²) in [4.78, 5) is 14.2. The SMILES string of the molecule is CC1CCCN1C1CCN(c2nc(N(C)C)cc(C(F)(F)F)n2)CC1. The lowest BCUT2D eigenvalue weighted by molar-refractivity contribution is -0.141. The summed E-state index contributed by atoms with van der Waals surface area (Å²) >= 11 is 0. The number of rotatable bonds is 3. The topological polar surface area (TPSA) is 35.5 Å². The standard InChI is InChI=1S/C17H26F3N5/c1-12-5-4-8-25(12)13-6-9-24(10-7-13)16-21-14(17(18,19)20)11-15(22-16)23(2)3/h11-13H,4-10H2,1-3H3. The van der Waals surface area contributed by atoms with Crippen molar-refractivity contribution in [1.29, 1.82) is 0 Å². The van der Waals surface area contributed by atoms with Gasteiger partial charge in [0.25, 0.3) is 0 Å². The van der Waals surface area contributed by atoms with Gasteiger partial charge in [0.2, 0.25) is 5.95 Å². The quantitative estimate of drug-likeness (QED) is 0.831. The Bertz CT molecular complexity index is 596. The van der Waals surface area contributed by atoms with Gasteiger partial charge in [-0.3, -0.25) is 4.90 Å². The van der Waals surface area contributed by atoms with Crippen LogP contribution in [0.4, 0.5) is 24.9 Å². The molecule has 0 N–H and O–H groups in total. The van der Waals surface area contributed by atoms with Crippen molar-refractivity contribution in [2.24, 2.45) is 0 Å². The van der Waals surface area contributed by atoms with E-state index >= 15 is 0 Å².